The predicted octanol–water partition coefficient (Wildman–Crippen LogP) is -0.226. The predicted molar refractivity (Wildman–Crippen MR) is 51.2 cm³/mol. The molecular formula is C9H19NO4. The first-order chi connectivity index (χ1) is 6.40. The zero-order chi connectivity index (χ0) is 11.3. The number of aliphatic hydroxyl groups is 2. The van der Waals surface area contributed by atoms with Gasteiger partial charge >= 0.3 is 0 Å². The van der Waals surface area contributed by atoms with Crippen LogP contribution in [-0.4, -0.2) is 47.5 Å². The number of hydrogen-bond acceptors (Lipinski definition) is 4. The van der Waals surface area contributed by atoms with Crippen molar-refractivity contribution in [2.75, 3.05) is 14.2 Å². The molecule has 0 spiro atoms. The smallest absolute Gasteiger partial charge is 0.248 e. The maximum Gasteiger partial charge on any atom is 0.248 e. The maximum atomic E-state index is 11.3. The highest BCUT2D eigenvalue weighted by molar-refractivity contribution is 5.75. The van der Waals surface area contributed by atoms with Gasteiger partial charge in [-0.25, -0.2) is 5.06 Å². The highest BCUT2D eigenvalue weighted by atomic mass is 16.7. The van der Waals surface area contributed by atoms with Crippen LogP contribution in [0.2, 0.25) is 0 Å². The minimum Gasteiger partial charge on any atom is -0.393 e. The summed E-state index contributed by atoms with van der Waals surface area (Å²) in [5.74, 6) is -0.642. The Hall–Kier alpha value is -0.650. The molecule has 0 aromatic rings. The van der Waals surface area contributed by atoms with Crippen LogP contribution in [-0.2, 0) is 9.63 Å². The molecule has 0 aromatic heterocycles. The third-order valence-corrected chi connectivity index (χ3v) is 2.38. The van der Waals surface area contributed by atoms with Gasteiger partial charge in [-0.05, 0) is 6.92 Å². The van der Waals surface area contributed by atoms with Crippen molar-refractivity contribution < 1.29 is 19.8 Å². The lowest BCUT2D eigenvalue weighted by molar-refractivity contribution is -0.171. The van der Waals surface area contributed by atoms with E-state index in [9.17, 15) is 15.0 Å². The summed E-state index contributed by atoms with van der Waals surface area (Å²) in [4.78, 5) is 15.9. The Balaban J connectivity index is 4.05. The number of hydrogen-bond donors (Lipinski definition) is 2. The maximum absolute atomic E-state index is 11.3. The fourth-order valence-corrected chi connectivity index (χ4v) is 0.917. The van der Waals surface area contributed by atoms with E-state index in [0.717, 1.165) is 5.06 Å². The Bertz CT molecular complexity index is 184. The number of rotatable bonds is 5. The average molecular weight is 205 g/mol. The molecule has 5 heteroatoms. The largest absolute Gasteiger partial charge is 0.393 e. The van der Waals surface area contributed by atoms with Crippen LogP contribution in [0.25, 0.3) is 0 Å². The van der Waals surface area contributed by atoms with Gasteiger partial charge in [-0.1, -0.05) is 6.92 Å². The molecule has 0 aliphatic heterocycles. The van der Waals surface area contributed by atoms with Crippen LogP contribution in [0, 0.1) is 5.92 Å². The number of carbonyl (C=O) groups excluding carboxylic acids is 1. The summed E-state index contributed by atoms with van der Waals surface area (Å²) < 4.78 is 0. The van der Waals surface area contributed by atoms with Crippen LogP contribution in [0.1, 0.15) is 20.3 Å². The molecule has 2 N–H and O–H groups in total. The zero-order valence-corrected chi connectivity index (χ0v) is 9.10. The van der Waals surface area contributed by atoms with E-state index in [1.807, 2.05) is 0 Å². The van der Waals surface area contributed by atoms with Gasteiger partial charge in [0.1, 0.15) is 0 Å². The Kier molecular flexibility index (Phi) is 5.68. The second kappa shape index (κ2) is 5.95. The standard InChI is InChI=1S/C9H19NO4/c1-6(7(2)11)8(12)5-9(13)10(3)14-4/h6-8,11-12H,5H2,1-4H3/t6?,7?,8-/m1/s1. The van der Waals surface area contributed by atoms with Gasteiger partial charge in [-0.3, -0.25) is 9.63 Å². The third kappa shape index (κ3) is 4.04. The lowest BCUT2D eigenvalue weighted by Gasteiger charge is -2.22. The molecule has 0 saturated heterocycles. The molecule has 0 radical (unpaired) electrons. The minimum absolute atomic E-state index is 0.0452. The normalized spacial score (nSPS) is 17.3. The first kappa shape index (κ1) is 13.4. The summed E-state index contributed by atoms with van der Waals surface area (Å²) >= 11 is 0. The second-order valence-electron chi connectivity index (χ2n) is 3.44. The van der Waals surface area contributed by atoms with Gasteiger partial charge in [-0.2, -0.15) is 0 Å². The highest BCUT2D eigenvalue weighted by Gasteiger charge is 2.23. The van der Waals surface area contributed by atoms with Crippen molar-refractivity contribution in [2.45, 2.75) is 32.5 Å². The molecule has 1 amide bonds. The lowest BCUT2D eigenvalue weighted by atomic mass is 9.97. The first-order valence-electron chi connectivity index (χ1n) is 4.57. The molecule has 0 rings (SSSR count). The van der Waals surface area contributed by atoms with E-state index < -0.39 is 12.2 Å². The van der Waals surface area contributed by atoms with Crippen LogP contribution in [0.15, 0.2) is 0 Å². The van der Waals surface area contributed by atoms with Crippen molar-refractivity contribution in [3.05, 3.63) is 0 Å². The lowest BCUT2D eigenvalue weighted by Crippen LogP contribution is -2.34. The summed E-state index contributed by atoms with van der Waals surface area (Å²) in [7, 11) is 2.85. The van der Waals surface area contributed by atoms with E-state index >= 15 is 0 Å². The van der Waals surface area contributed by atoms with Gasteiger partial charge in [-0.15, -0.1) is 0 Å². The SMILES string of the molecule is CON(C)C(=O)C[C@@H](O)C(C)C(C)O. The van der Waals surface area contributed by atoms with Crippen molar-refractivity contribution >= 4 is 5.91 Å². The molecule has 0 heterocycles. The molecule has 5 nitrogen and oxygen atoms in total. The van der Waals surface area contributed by atoms with E-state index in [4.69, 9.17) is 0 Å². The Morgan fingerprint density at radius 2 is 1.93 bits per heavy atom. The summed E-state index contributed by atoms with van der Waals surface area (Å²) in [5.41, 5.74) is 0. The number of aliphatic hydroxyl groups excluding tert-OH is 2. The monoisotopic (exact) mass is 205 g/mol. The molecule has 0 bridgehead atoms. The van der Waals surface area contributed by atoms with Crippen LogP contribution in [0.3, 0.4) is 0 Å². The number of amides is 1. The third-order valence-electron chi connectivity index (χ3n) is 2.38. The first-order valence-corrected chi connectivity index (χ1v) is 4.57. The molecule has 0 aliphatic rings. The van der Waals surface area contributed by atoms with E-state index in [0.29, 0.717) is 0 Å². The van der Waals surface area contributed by atoms with Gasteiger partial charge < -0.3 is 10.2 Å². The second-order valence-corrected chi connectivity index (χ2v) is 3.44. The van der Waals surface area contributed by atoms with Crippen molar-refractivity contribution in [3.8, 4) is 0 Å². The molecule has 0 fully saturated rings. The van der Waals surface area contributed by atoms with Crippen molar-refractivity contribution in [1.29, 1.82) is 0 Å². The summed E-state index contributed by atoms with van der Waals surface area (Å²) in [5, 5.41) is 19.8. The molecule has 0 aromatic carbocycles. The van der Waals surface area contributed by atoms with Crippen molar-refractivity contribution in [1.82, 2.24) is 5.06 Å². The Morgan fingerprint density at radius 1 is 1.43 bits per heavy atom. The Morgan fingerprint density at radius 3 is 2.29 bits per heavy atom. The number of carbonyl (C=O) groups is 1. The van der Waals surface area contributed by atoms with Crippen LogP contribution in [0.5, 0.6) is 0 Å². The van der Waals surface area contributed by atoms with E-state index in [-0.39, 0.29) is 18.2 Å². The zero-order valence-electron chi connectivity index (χ0n) is 9.10. The minimum atomic E-state index is -0.847. The molecular weight excluding hydrogens is 186 g/mol. The summed E-state index contributed by atoms with van der Waals surface area (Å²) in [6, 6.07) is 0. The topological polar surface area (TPSA) is 70.0 Å². The van der Waals surface area contributed by atoms with Gasteiger partial charge in [0.15, 0.2) is 0 Å². The molecule has 14 heavy (non-hydrogen) atoms. The van der Waals surface area contributed by atoms with Crippen LogP contribution >= 0.6 is 0 Å². The molecule has 3 atom stereocenters. The van der Waals surface area contributed by atoms with E-state index in [2.05, 4.69) is 4.84 Å². The fourth-order valence-electron chi connectivity index (χ4n) is 0.917. The van der Waals surface area contributed by atoms with Gasteiger partial charge in [0.25, 0.3) is 0 Å². The summed E-state index contributed by atoms with van der Waals surface area (Å²) in [6.07, 6.45) is -1.53. The van der Waals surface area contributed by atoms with E-state index in [1.165, 1.54) is 14.2 Å². The molecule has 0 saturated carbocycles. The number of hydroxylamine groups is 2. The number of nitrogens with zero attached hydrogens (tertiary/aromatic N) is 1. The van der Waals surface area contributed by atoms with Crippen LogP contribution in [0.4, 0.5) is 0 Å². The average Bonchev–Trinajstić information content (AvgIpc) is 2.14. The van der Waals surface area contributed by atoms with Gasteiger partial charge in [0.05, 0.1) is 25.7 Å². The van der Waals surface area contributed by atoms with Crippen molar-refractivity contribution in [3.63, 3.8) is 0 Å². The molecule has 84 valence electrons. The fraction of sp³-hybridized carbons (Fsp3) is 0.889. The molecule has 2 unspecified atom stereocenters. The van der Waals surface area contributed by atoms with Gasteiger partial charge in [0, 0.05) is 13.0 Å². The molecule has 0 aliphatic carbocycles. The highest BCUT2D eigenvalue weighted by Crippen LogP contribution is 2.12. The quantitative estimate of drug-likeness (QED) is 0.608. The van der Waals surface area contributed by atoms with Crippen LogP contribution < -0.4 is 0 Å². The Labute approximate surface area is 84.2 Å². The van der Waals surface area contributed by atoms with Gasteiger partial charge in [0.2, 0.25) is 5.91 Å². The van der Waals surface area contributed by atoms with Crippen molar-refractivity contribution in [2.24, 2.45) is 5.92 Å². The summed E-state index contributed by atoms with van der Waals surface area (Å²) in [6.45, 7) is 3.27. The van der Waals surface area contributed by atoms with E-state index in [1.54, 1.807) is 13.8 Å².